The van der Waals surface area contributed by atoms with Crippen molar-refractivity contribution in [2.24, 2.45) is 0 Å². The summed E-state index contributed by atoms with van der Waals surface area (Å²) in [6.07, 6.45) is 0.237. The predicted molar refractivity (Wildman–Crippen MR) is 84.6 cm³/mol. The van der Waals surface area contributed by atoms with Crippen LogP contribution in [0.1, 0.15) is 13.3 Å². The fourth-order valence-corrected chi connectivity index (χ4v) is 1.81. The molecule has 0 fully saturated rings. The van der Waals surface area contributed by atoms with E-state index in [2.05, 4.69) is 21.2 Å². The Balaban J connectivity index is 2.15. The van der Waals surface area contributed by atoms with Crippen molar-refractivity contribution in [1.82, 2.24) is 5.32 Å². The van der Waals surface area contributed by atoms with Crippen LogP contribution in [0.25, 0.3) is 0 Å². The molecule has 1 aromatic rings. The number of methoxy groups -OCH3 is 1. The van der Waals surface area contributed by atoms with Gasteiger partial charge >= 0.3 is 0 Å². The Morgan fingerprint density at radius 2 is 1.95 bits per heavy atom. The van der Waals surface area contributed by atoms with Gasteiger partial charge in [0.25, 0.3) is 5.91 Å². The van der Waals surface area contributed by atoms with E-state index in [0.717, 1.165) is 10.9 Å². The average molecular weight is 360 g/mol. The van der Waals surface area contributed by atoms with Crippen LogP contribution in [0.15, 0.2) is 28.7 Å². The summed E-state index contributed by atoms with van der Waals surface area (Å²) in [5.41, 5.74) is 0. The standard InChI is InChI=1S/C15H22BrNO4/c1-12(21-14-6-4-13(16)5-7-14)15(18)17-8-3-9-20-11-10-19-2/h4-7,12H,3,8-11H2,1-2H3,(H,17,18). The molecule has 0 aliphatic heterocycles. The number of nitrogens with one attached hydrogen (secondary N) is 1. The number of halogens is 1. The normalized spacial score (nSPS) is 12.0. The van der Waals surface area contributed by atoms with Gasteiger partial charge in [0, 0.05) is 24.7 Å². The summed E-state index contributed by atoms with van der Waals surface area (Å²) in [4.78, 5) is 11.8. The van der Waals surface area contributed by atoms with Crippen molar-refractivity contribution in [3.63, 3.8) is 0 Å². The maximum absolute atomic E-state index is 11.8. The molecule has 0 aliphatic carbocycles. The molecule has 0 bridgehead atoms. The summed E-state index contributed by atoms with van der Waals surface area (Å²) < 4.78 is 16.7. The molecule has 5 nitrogen and oxygen atoms in total. The van der Waals surface area contributed by atoms with Crippen molar-refractivity contribution in [3.8, 4) is 5.75 Å². The molecule has 21 heavy (non-hydrogen) atoms. The van der Waals surface area contributed by atoms with Gasteiger partial charge in [-0.1, -0.05) is 15.9 Å². The molecule has 1 rings (SSSR count). The number of rotatable bonds is 10. The van der Waals surface area contributed by atoms with Crippen LogP contribution in [0.5, 0.6) is 5.75 Å². The van der Waals surface area contributed by atoms with Crippen LogP contribution >= 0.6 is 15.9 Å². The van der Waals surface area contributed by atoms with Crippen LogP contribution in [0.2, 0.25) is 0 Å². The van der Waals surface area contributed by atoms with Crippen molar-refractivity contribution in [2.75, 3.05) is 33.5 Å². The molecule has 118 valence electrons. The first-order valence-corrected chi connectivity index (χ1v) is 7.69. The second-order valence-electron chi connectivity index (χ2n) is 4.46. The van der Waals surface area contributed by atoms with E-state index in [0.29, 0.717) is 32.1 Å². The number of benzene rings is 1. The first-order valence-electron chi connectivity index (χ1n) is 6.90. The predicted octanol–water partition coefficient (Wildman–Crippen LogP) is 2.39. The maximum Gasteiger partial charge on any atom is 0.260 e. The number of ether oxygens (including phenoxy) is 3. The number of carbonyl (C=O) groups excluding carboxylic acids is 1. The number of amides is 1. The lowest BCUT2D eigenvalue weighted by Crippen LogP contribution is -2.37. The molecule has 6 heteroatoms. The Morgan fingerprint density at radius 1 is 1.24 bits per heavy atom. The Bertz CT molecular complexity index is 411. The van der Waals surface area contributed by atoms with Gasteiger partial charge in [-0.25, -0.2) is 0 Å². The molecule has 0 radical (unpaired) electrons. The minimum Gasteiger partial charge on any atom is -0.481 e. The summed E-state index contributed by atoms with van der Waals surface area (Å²) in [5, 5.41) is 2.82. The average Bonchev–Trinajstić information content (AvgIpc) is 2.48. The molecule has 1 N–H and O–H groups in total. The van der Waals surface area contributed by atoms with Crippen LogP contribution in [0.4, 0.5) is 0 Å². The van der Waals surface area contributed by atoms with E-state index in [1.54, 1.807) is 14.0 Å². The Hall–Kier alpha value is -1.11. The molecule has 0 aromatic heterocycles. The van der Waals surface area contributed by atoms with Gasteiger partial charge in [-0.3, -0.25) is 4.79 Å². The van der Waals surface area contributed by atoms with E-state index >= 15 is 0 Å². The molecule has 1 atom stereocenters. The van der Waals surface area contributed by atoms with Crippen molar-refractivity contribution in [1.29, 1.82) is 0 Å². The molecule has 1 unspecified atom stereocenters. The SMILES string of the molecule is COCCOCCCNC(=O)C(C)Oc1ccc(Br)cc1. The topological polar surface area (TPSA) is 56.8 Å². The lowest BCUT2D eigenvalue weighted by Gasteiger charge is -2.14. The van der Waals surface area contributed by atoms with E-state index < -0.39 is 6.10 Å². The van der Waals surface area contributed by atoms with Crippen molar-refractivity contribution in [3.05, 3.63) is 28.7 Å². The van der Waals surface area contributed by atoms with Crippen LogP contribution in [-0.4, -0.2) is 45.5 Å². The van der Waals surface area contributed by atoms with Gasteiger partial charge in [-0.05, 0) is 37.6 Å². The summed E-state index contributed by atoms with van der Waals surface area (Å²) in [6.45, 7) is 4.07. The van der Waals surface area contributed by atoms with Crippen LogP contribution in [0.3, 0.4) is 0 Å². The van der Waals surface area contributed by atoms with Gasteiger partial charge in [0.1, 0.15) is 5.75 Å². The number of hydrogen-bond acceptors (Lipinski definition) is 4. The second kappa shape index (κ2) is 10.6. The zero-order chi connectivity index (χ0) is 15.5. The molecule has 1 aromatic carbocycles. The molecular weight excluding hydrogens is 338 g/mol. The van der Waals surface area contributed by atoms with Crippen LogP contribution < -0.4 is 10.1 Å². The molecule has 0 saturated heterocycles. The lowest BCUT2D eigenvalue weighted by atomic mass is 10.3. The molecule has 1 amide bonds. The smallest absolute Gasteiger partial charge is 0.260 e. The fraction of sp³-hybridized carbons (Fsp3) is 0.533. The zero-order valence-electron chi connectivity index (χ0n) is 12.4. The van der Waals surface area contributed by atoms with E-state index in [1.807, 2.05) is 24.3 Å². The largest absolute Gasteiger partial charge is 0.481 e. The van der Waals surface area contributed by atoms with Crippen molar-refractivity contribution >= 4 is 21.8 Å². The van der Waals surface area contributed by atoms with Gasteiger partial charge in [0.05, 0.1) is 13.2 Å². The van der Waals surface area contributed by atoms with Gasteiger partial charge in [0.2, 0.25) is 0 Å². The third-order valence-corrected chi connectivity index (χ3v) is 3.22. The van der Waals surface area contributed by atoms with Crippen LogP contribution in [0, 0.1) is 0 Å². The molecule has 0 saturated carbocycles. The Labute approximate surface area is 134 Å². The Morgan fingerprint density at radius 3 is 2.62 bits per heavy atom. The van der Waals surface area contributed by atoms with Crippen molar-refractivity contribution < 1.29 is 19.0 Å². The summed E-state index contributed by atoms with van der Waals surface area (Å²) in [5.74, 6) is 0.540. The van der Waals surface area contributed by atoms with Crippen LogP contribution in [-0.2, 0) is 14.3 Å². The van der Waals surface area contributed by atoms with E-state index in [9.17, 15) is 4.79 Å². The first-order chi connectivity index (χ1) is 10.1. The van der Waals surface area contributed by atoms with Gasteiger partial charge in [-0.15, -0.1) is 0 Å². The monoisotopic (exact) mass is 359 g/mol. The highest BCUT2D eigenvalue weighted by atomic mass is 79.9. The molecule has 0 spiro atoms. The van der Waals surface area contributed by atoms with Gasteiger partial charge in [-0.2, -0.15) is 0 Å². The first kappa shape index (κ1) is 17.9. The highest BCUT2D eigenvalue weighted by Crippen LogP contribution is 2.17. The number of carbonyl (C=O) groups is 1. The third-order valence-electron chi connectivity index (χ3n) is 2.69. The third kappa shape index (κ3) is 8.04. The highest BCUT2D eigenvalue weighted by Gasteiger charge is 2.13. The maximum atomic E-state index is 11.8. The van der Waals surface area contributed by atoms with E-state index in [1.165, 1.54) is 0 Å². The fourth-order valence-electron chi connectivity index (χ4n) is 1.54. The van der Waals surface area contributed by atoms with Gasteiger partial charge in [0.15, 0.2) is 6.10 Å². The minimum atomic E-state index is -0.527. The zero-order valence-corrected chi connectivity index (χ0v) is 14.0. The summed E-state index contributed by atoms with van der Waals surface area (Å²) in [7, 11) is 1.64. The summed E-state index contributed by atoms with van der Waals surface area (Å²) in [6, 6.07) is 7.38. The molecule has 0 heterocycles. The quantitative estimate of drug-likeness (QED) is 0.651. The highest BCUT2D eigenvalue weighted by molar-refractivity contribution is 9.10. The lowest BCUT2D eigenvalue weighted by molar-refractivity contribution is -0.127. The van der Waals surface area contributed by atoms with Gasteiger partial charge < -0.3 is 19.5 Å². The van der Waals surface area contributed by atoms with E-state index in [-0.39, 0.29) is 5.91 Å². The molecule has 0 aliphatic rings. The van der Waals surface area contributed by atoms with Crippen molar-refractivity contribution in [2.45, 2.75) is 19.4 Å². The minimum absolute atomic E-state index is 0.130. The van der Waals surface area contributed by atoms with E-state index in [4.69, 9.17) is 14.2 Å². The molecular formula is C15H22BrNO4. The number of hydrogen-bond donors (Lipinski definition) is 1. The summed E-state index contributed by atoms with van der Waals surface area (Å²) >= 11 is 3.35. The Kier molecular flexibility index (Phi) is 9.05. The second-order valence-corrected chi connectivity index (χ2v) is 5.38.